The van der Waals surface area contributed by atoms with E-state index in [0.29, 0.717) is 18.4 Å². The van der Waals surface area contributed by atoms with Crippen LogP contribution in [-0.2, 0) is 28.6 Å². The number of cyclic esters (lactones) is 1. The molecule has 0 saturated heterocycles. The van der Waals surface area contributed by atoms with Crippen molar-refractivity contribution in [2.24, 2.45) is 5.92 Å². The lowest BCUT2D eigenvalue weighted by molar-refractivity contribution is -0.152. The van der Waals surface area contributed by atoms with Gasteiger partial charge in [-0.2, -0.15) is 0 Å². The summed E-state index contributed by atoms with van der Waals surface area (Å²) in [6.07, 6.45) is 2.97. The zero-order valence-electron chi connectivity index (χ0n) is 27.3. The molecule has 5 rings (SSSR count). The van der Waals surface area contributed by atoms with E-state index in [0.717, 1.165) is 22.3 Å². The number of aliphatic hydroxyl groups excluding tert-OH is 1. The molecule has 11 heteroatoms. The van der Waals surface area contributed by atoms with Gasteiger partial charge in [0.1, 0.15) is 18.8 Å². The summed E-state index contributed by atoms with van der Waals surface area (Å²) in [5.41, 5.74) is 5.06. The summed E-state index contributed by atoms with van der Waals surface area (Å²) in [5, 5.41) is 17.1. The number of nitrogens with one attached hydrogen (secondary N) is 3. The van der Waals surface area contributed by atoms with Gasteiger partial charge in [-0.25, -0.2) is 9.59 Å². The number of aliphatic hydroxyl groups is 1. The quantitative estimate of drug-likeness (QED) is 0.135. The van der Waals surface area contributed by atoms with Crippen molar-refractivity contribution < 1.29 is 38.5 Å². The minimum Gasteiger partial charge on any atom is -0.454 e. The highest BCUT2D eigenvalue weighted by atomic mass is 16.6. The van der Waals surface area contributed by atoms with E-state index in [1.807, 2.05) is 54.6 Å². The van der Waals surface area contributed by atoms with Crippen LogP contribution in [0.3, 0.4) is 0 Å². The molecule has 0 saturated carbocycles. The molecule has 0 unspecified atom stereocenters. The van der Waals surface area contributed by atoms with Gasteiger partial charge >= 0.3 is 12.1 Å². The topological polar surface area (TPSA) is 152 Å². The maximum atomic E-state index is 13.6. The third kappa shape index (κ3) is 9.77. The Morgan fingerprint density at radius 2 is 1.59 bits per heavy atom. The Balaban J connectivity index is 1.25. The Labute approximate surface area is 286 Å². The Bertz CT molecular complexity index is 1570. The number of benzene rings is 3. The molecule has 3 aromatic carbocycles. The summed E-state index contributed by atoms with van der Waals surface area (Å²) in [7, 11) is 0. The van der Waals surface area contributed by atoms with Crippen LogP contribution < -0.4 is 16.0 Å². The first kappa shape index (κ1) is 35.3. The first-order chi connectivity index (χ1) is 23.9. The molecule has 0 bridgehead atoms. The van der Waals surface area contributed by atoms with Crippen LogP contribution in [0.4, 0.5) is 4.79 Å². The van der Waals surface area contributed by atoms with E-state index in [2.05, 4.69) is 28.1 Å². The number of rotatable bonds is 11. The molecule has 0 radical (unpaired) electrons. The molecule has 3 atom stereocenters. The van der Waals surface area contributed by atoms with Crippen molar-refractivity contribution in [1.29, 1.82) is 0 Å². The Hall–Kier alpha value is -5.00. The first-order valence-corrected chi connectivity index (χ1v) is 16.7. The smallest absolute Gasteiger partial charge is 0.407 e. The molecule has 3 amide bonds. The Morgan fingerprint density at radius 3 is 2.31 bits per heavy atom. The van der Waals surface area contributed by atoms with Crippen molar-refractivity contribution >= 4 is 23.9 Å². The van der Waals surface area contributed by atoms with Crippen molar-refractivity contribution in [3.05, 3.63) is 108 Å². The predicted octanol–water partition coefficient (Wildman–Crippen LogP) is 4.17. The van der Waals surface area contributed by atoms with Gasteiger partial charge in [-0.05, 0) is 47.1 Å². The highest BCUT2D eigenvalue weighted by Gasteiger charge is 2.31. The number of esters is 1. The van der Waals surface area contributed by atoms with Crippen LogP contribution in [-0.4, -0.2) is 74.5 Å². The van der Waals surface area contributed by atoms with E-state index in [1.165, 1.54) is 0 Å². The van der Waals surface area contributed by atoms with Crippen molar-refractivity contribution in [3.63, 3.8) is 0 Å². The number of ether oxygens (including phenoxy) is 3. The van der Waals surface area contributed by atoms with Crippen LogP contribution in [0.25, 0.3) is 11.1 Å². The second kappa shape index (κ2) is 18.0. The maximum absolute atomic E-state index is 13.6. The second-order valence-corrected chi connectivity index (χ2v) is 12.0. The van der Waals surface area contributed by atoms with Gasteiger partial charge in [0.25, 0.3) is 0 Å². The number of amides is 3. The van der Waals surface area contributed by atoms with Crippen molar-refractivity contribution in [3.8, 4) is 11.1 Å². The van der Waals surface area contributed by atoms with Gasteiger partial charge in [-0.1, -0.05) is 91.0 Å². The third-order valence-corrected chi connectivity index (χ3v) is 8.63. The molecule has 258 valence electrons. The zero-order chi connectivity index (χ0) is 34.4. The van der Waals surface area contributed by atoms with E-state index >= 15 is 0 Å². The number of alkyl carbamates (subject to hydrolysis) is 1. The molecule has 3 aromatic rings. The van der Waals surface area contributed by atoms with Crippen molar-refractivity contribution in [2.75, 3.05) is 39.5 Å². The van der Waals surface area contributed by atoms with Gasteiger partial charge in [0, 0.05) is 18.9 Å². The van der Waals surface area contributed by atoms with Gasteiger partial charge in [-0.3, -0.25) is 9.59 Å². The van der Waals surface area contributed by atoms with Gasteiger partial charge in [0.15, 0.2) is 0 Å². The number of carbonyl (C=O) groups excluding carboxylic acids is 4. The van der Waals surface area contributed by atoms with Gasteiger partial charge in [-0.15, -0.1) is 0 Å². The van der Waals surface area contributed by atoms with E-state index in [1.54, 1.807) is 24.3 Å². The molecule has 0 fully saturated rings. The number of fused-ring (bicyclic) bond motifs is 3. The zero-order valence-corrected chi connectivity index (χ0v) is 27.3. The summed E-state index contributed by atoms with van der Waals surface area (Å²) < 4.78 is 16.8. The molecular formula is C38H43N3O8. The fraction of sp³-hybridized carbons (Fsp3) is 0.368. The summed E-state index contributed by atoms with van der Waals surface area (Å²) in [6.45, 7) is 0.661. The standard InChI is InChI=1S/C38H43N3O8/c42-20-22-47-21-19-39-35(43)23-27-13-5-2-6-18-33(37(45)49-34(24-40-36(27)44)26-11-3-1-4-12-26)41-38(46)48-25-32-30-16-9-7-14-28(30)29-15-8-10-17-31(29)32/h1-5,7-12,14-17,27,32-34,42H,6,13,18-25H2,(H,39,43)(H,40,44)(H,41,46)/t27-,33+,34-/m1/s1. The molecule has 0 spiro atoms. The van der Waals surface area contributed by atoms with Crippen molar-refractivity contribution in [1.82, 2.24) is 16.0 Å². The van der Waals surface area contributed by atoms with Gasteiger partial charge in [0.05, 0.1) is 32.3 Å². The SMILES string of the molecule is O=C(C[C@H]1CC=CCC[C@H](NC(=O)OCC2c3ccccc3-c3ccccc32)C(=O)O[C@@H](c2ccccc2)CNC1=O)NCCOCCO. The van der Waals surface area contributed by atoms with Crippen LogP contribution in [0.1, 0.15) is 54.4 Å². The summed E-state index contributed by atoms with van der Waals surface area (Å²) in [4.78, 5) is 52.6. The second-order valence-electron chi connectivity index (χ2n) is 12.0. The van der Waals surface area contributed by atoms with Crippen LogP contribution >= 0.6 is 0 Å². The molecule has 1 aliphatic carbocycles. The number of hydrogen-bond donors (Lipinski definition) is 4. The minimum absolute atomic E-state index is 0.0247. The maximum Gasteiger partial charge on any atom is 0.407 e. The van der Waals surface area contributed by atoms with Gasteiger partial charge < -0.3 is 35.3 Å². The first-order valence-electron chi connectivity index (χ1n) is 16.7. The monoisotopic (exact) mass is 669 g/mol. The molecule has 2 aliphatic rings. The van der Waals surface area contributed by atoms with E-state index in [9.17, 15) is 19.2 Å². The lowest BCUT2D eigenvalue weighted by Gasteiger charge is -2.24. The largest absolute Gasteiger partial charge is 0.454 e. The van der Waals surface area contributed by atoms with Crippen LogP contribution in [0.2, 0.25) is 0 Å². The molecule has 4 N–H and O–H groups in total. The molecular weight excluding hydrogens is 626 g/mol. The number of hydrogen-bond acceptors (Lipinski definition) is 8. The number of carbonyl (C=O) groups is 4. The van der Waals surface area contributed by atoms with Crippen LogP contribution in [0.15, 0.2) is 91.0 Å². The summed E-state index contributed by atoms with van der Waals surface area (Å²) in [6, 6.07) is 24.1. The molecule has 0 aromatic heterocycles. The molecule has 1 heterocycles. The third-order valence-electron chi connectivity index (χ3n) is 8.63. The Kier molecular flexibility index (Phi) is 12.9. The van der Waals surface area contributed by atoms with Crippen LogP contribution in [0, 0.1) is 5.92 Å². The fourth-order valence-corrected chi connectivity index (χ4v) is 6.14. The fourth-order valence-electron chi connectivity index (χ4n) is 6.14. The highest BCUT2D eigenvalue weighted by Crippen LogP contribution is 2.44. The van der Waals surface area contributed by atoms with Gasteiger partial charge in [0.2, 0.25) is 11.8 Å². The molecule has 49 heavy (non-hydrogen) atoms. The summed E-state index contributed by atoms with van der Waals surface area (Å²) in [5.74, 6) is -2.08. The average Bonchev–Trinajstić information content (AvgIpc) is 3.44. The van der Waals surface area contributed by atoms with E-state index in [-0.39, 0.29) is 70.1 Å². The Morgan fingerprint density at radius 1 is 0.898 bits per heavy atom. The predicted molar refractivity (Wildman–Crippen MR) is 182 cm³/mol. The van der Waals surface area contributed by atoms with Crippen LogP contribution in [0.5, 0.6) is 0 Å². The van der Waals surface area contributed by atoms with E-state index in [4.69, 9.17) is 19.3 Å². The lowest BCUT2D eigenvalue weighted by atomic mass is 9.98. The minimum atomic E-state index is -1.00. The lowest BCUT2D eigenvalue weighted by Crippen LogP contribution is -2.44. The highest BCUT2D eigenvalue weighted by molar-refractivity contribution is 5.86. The van der Waals surface area contributed by atoms with Crippen molar-refractivity contribution in [2.45, 2.75) is 43.7 Å². The van der Waals surface area contributed by atoms with E-state index < -0.39 is 30.1 Å². The number of allylic oxidation sites excluding steroid dienone is 2. The molecule has 1 aliphatic heterocycles. The summed E-state index contributed by atoms with van der Waals surface area (Å²) >= 11 is 0. The average molecular weight is 670 g/mol. The normalized spacial score (nSPS) is 19.6. The molecule has 11 nitrogen and oxygen atoms in total.